The summed E-state index contributed by atoms with van der Waals surface area (Å²) in [5.74, 6) is -1.60. The van der Waals surface area contributed by atoms with Crippen LogP contribution in [0.15, 0.2) is 29.1 Å². The van der Waals surface area contributed by atoms with E-state index in [0.29, 0.717) is 5.69 Å². The van der Waals surface area contributed by atoms with Gasteiger partial charge in [-0.3, -0.25) is 9.59 Å². The van der Waals surface area contributed by atoms with E-state index >= 15 is 0 Å². The predicted molar refractivity (Wildman–Crippen MR) is 89.8 cm³/mol. The minimum atomic E-state index is -1.07. The summed E-state index contributed by atoms with van der Waals surface area (Å²) in [5.41, 5.74) is 2.74. The number of hydrogen-bond donors (Lipinski definition) is 3. The van der Waals surface area contributed by atoms with Crippen molar-refractivity contribution in [3.05, 3.63) is 62.6 Å². The first-order chi connectivity index (χ1) is 11.5. The number of carboxylic acids is 1. The van der Waals surface area contributed by atoms with E-state index in [4.69, 9.17) is 5.11 Å². The second kappa shape index (κ2) is 6.31. The summed E-state index contributed by atoms with van der Waals surface area (Å²) in [4.78, 5) is 38.5. The molecular formula is C18H18N2O4. The molecule has 0 atom stereocenters. The number of aromatic nitrogens is 1. The van der Waals surface area contributed by atoms with Crippen molar-refractivity contribution in [1.82, 2.24) is 4.98 Å². The number of pyridine rings is 1. The van der Waals surface area contributed by atoms with Crippen LogP contribution in [-0.4, -0.2) is 22.0 Å². The molecule has 0 aliphatic heterocycles. The number of aryl methyl sites for hydroxylation is 3. The molecule has 1 aliphatic rings. The fourth-order valence-corrected chi connectivity index (χ4v) is 2.92. The van der Waals surface area contributed by atoms with Gasteiger partial charge in [0, 0.05) is 11.4 Å². The van der Waals surface area contributed by atoms with Crippen LogP contribution >= 0.6 is 0 Å². The van der Waals surface area contributed by atoms with Gasteiger partial charge in [-0.25, -0.2) is 4.79 Å². The van der Waals surface area contributed by atoms with Crippen LogP contribution in [0.5, 0.6) is 0 Å². The second-order valence-electron chi connectivity index (χ2n) is 6.01. The number of carbonyl (C=O) groups excluding carboxylic acids is 1. The first-order valence-corrected chi connectivity index (χ1v) is 7.86. The van der Waals surface area contributed by atoms with Gasteiger partial charge in [0.2, 0.25) is 0 Å². The maximum atomic E-state index is 12.5. The van der Waals surface area contributed by atoms with E-state index < -0.39 is 17.4 Å². The van der Waals surface area contributed by atoms with Crippen LogP contribution in [0.3, 0.4) is 0 Å². The van der Waals surface area contributed by atoms with Crippen LogP contribution in [-0.2, 0) is 12.8 Å². The topological polar surface area (TPSA) is 99.3 Å². The Hall–Kier alpha value is -2.89. The van der Waals surface area contributed by atoms with E-state index in [1.54, 1.807) is 19.1 Å². The Bertz CT molecular complexity index is 883. The Labute approximate surface area is 138 Å². The quantitative estimate of drug-likeness (QED) is 0.807. The molecule has 0 fully saturated rings. The van der Waals surface area contributed by atoms with E-state index in [9.17, 15) is 14.4 Å². The average Bonchev–Trinajstić information content (AvgIpc) is 2.55. The number of carboxylic acid groups (broad SMARTS) is 1. The third-order valence-electron chi connectivity index (χ3n) is 4.32. The average molecular weight is 326 g/mol. The fraction of sp³-hybridized carbons (Fsp3) is 0.278. The highest BCUT2D eigenvalue weighted by molar-refractivity contribution is 6.05. The molecular weight excluding hydrogens is 308 g/mol. The van der Waals surface area contributed by atoms with Gasteiger partial charge in [-0.15, -0.1) is 0 Å². The minimum Gasteiger partial charge on any atom is -0.478 e. The van der Waals surface area contributed by atoms with Crippen molar-refractivity contribution in [1.29, 1.82) is 0 Å². The molecule has 0 radical (unpaired) electrons. The van der Waals surface area contributed by atoms with Gasteiger partial charge in [-0.05, 0) is 61.9 Å². The minimum absolute atomic E-state index is 0.0516. The fourth-order valence-electron chi connectivity index (χ4n) is 2.92. The molecule has 0 unspecified atom stereocenters. The van der Waals surface area contributed by atoms with Crippen LogP contribution in [0.4, 0.5) is 5.69 Å². The molecule has 24 heavy (non-hydrogen) atoms. The van der Waals surface area contributed by atoms with Crippen molar-refractivity contribution in [3.8, 4) is 0 Å². The van der Waals surface area contributed by atoms with Crippen molar-refractivity contribution in [2.45, 2.75) is 32.6 Å². The van der Waals surface area contributed by atoms with Crippen LogP contribution in [0, 0.1) is 6.92 Å². The molecule has 3 N–H and O–H groups in total. The Morgan fingerprint density at radius 3 is 2.67 bits per heavy atom. The standard InChI is InChI=1S/C18H18N2O4/c1-10-6-7-12(18(23)24)9-15(10)20-17(22)13-8-11-4-2-3-5-14(11)19-16(13)21/h6-9H,2-5H2,1H3,(H,19,21)(H,20,22)(H,23,24). The van der Waals surface area contributed by atoms with E-state index in [1.165, 1.54) is 12.1 Å². The van der Waals surface area contributed by atoms with Gasteiger partial charge >= 0.3 is 5.97 Å². The van der Waals surface area contributed by atoms with Crippen LogP contribution < -0.4 is 10.9 Å². The number of anilines is 1. The Kier molecular flexibility index (Phi) is 4.20. The zero-order valence-corrected chi connectivity index (χ0v) is 13.3. The largest absolute Gasteiger partial charge is 0.478 e. The molecule has 1 heterocycles. The summed E-state index contributed by atoms with van der Waals surface area (Å²) in [6, 6.07) is 6.14. The molecule has 0 saturated heterocycles. The number of hydrogen-bond acceptors (Lipinski definition) is 3. The molecule has 1 aromatic heterocycles. The summed E-state index contributed by atoms with van der Waals surface area (Å²) >= 11 is 0. The molecule has 6 nitrogen and oxygen atoms in total. The summed E-state index contributed by atoms with van der Waals surface area (Å²) in [6.45, 7) is 1.76. The van der Waals surface area contributed by atoms with Gasteiger partial charge in [-0.2, -0.15) is 0 Å². The Morgan fingerprint density at radius 2 is 1.92 bits per heavy atom. The molecule has 0 saturated carbocycles. The number of nitrogens with one attached hydrogen (secondary N) is 2. The normalized spacial score (nSPS) is 13.2. The third-order valence-corrected chi connectivity index (χ3v) is 4.32. The monoisotopic (exact) mass is 326 g/mol. The summed E-state index contributed by atoms with van der Waals surface area (Å²) in [7, 11) is 0. The Morgan fingerprint density at radius 1 is 1.17 bits per heavy atom. The van der Waals surface area contributed by atoms with Crippen LogP contribution in [0.25, 0.3) is 0 Å². The SMILES string of the molecule is Cc1ccc(C(=O)O)cc1NC(=O)c1cc2c([nH]c1=O)CCCC2. The van der Waals surface area contributed by atoms with E-state index in [1.807, 2.05) is 0 Å². The molecule has 1 aromatic carbocycles. The maximum Gasteiger partial charge on any atom is 0.335 e. The lowest BCUT2D eigenvalue weighted by Gasteiger charge is -2.16. The second-order valence-corrected chi connectivity index (χ2v) is 6.01. The maximum absolute atomic E-state index is 12.5. The highest BCUT2D eigenvalue weighted by atomic mass is 16.4. The predicted octanol–water partition coefficient (Wildman–Crippen LogP) is 2.51. The first-order valence-electron chi connectivity index (χ1n) is 7.86. The van der Waals surface area contributed by atoms with E-state index in [2.05, 4.69) is 10.3 Å². The molecule has 6 heteroatoms. The van der Waals surface area contributed by atoms with Crippen molar-refractivity contribution >= 4 is 17.6 Å². The number of aromatic amines is 1. The molecule has 1 amide bonds. The lowest BCUT2D eigenvalue weighted by Crippen LogP contribution is -2.26. The van der Waals surface area contributed by atoms with Gasteiger partial charge in [-0.1, -0.05) is 6.07 Å². The van der Waals surface area contributed by atoms with E-state index in [0.717, 1.165) is 42.5 Å². The molecule has 0 bridgehead atoms. The van der Waals surface area contributed by atoms with Gasteiger partial charge < -0.3 is 15.4 Å². The van der Waals surface area contributed by atoms with Gasteiger partial charge in [0.1, 0.15) is 5.56 Å². The van der Waals surface area contributed by atoms with Crippen LogP contribution in [0.2, 0.25) is 0 Å². The molecule has 1 aliphatic carbocycles. The van der Waals surface area contributed by atoms with Gasteiger partial charge in [0.05, 0.1) is 5.56 Å². The van der Waals surface area contributed by atoms with Crippen LogP contribution in [0.1, 0.15) is 50.4 Å². The molecule has 0 spiro atoms. The zero-order valence-electron chi connectivity index (χ0n) is 13.3. The summed E-state index contributed by atoms with van der Waals surface area (Å²) in [5, 5.41) is 11.7. The van der Waals surface area contributed by atoms with Gasteiger partial charge in [0.25, 0.3) is 11.5 Å². The number of aromatic carboxylic acids is 1. The Balaban J connectivity index is 1.92. The first kappa shape index (κ1) is 16.0. The third kappa shape index (κ3) is 3.08. The van der Waals surface area contributed by atoms with Gasteiger partial charge in [0.15, 0.2) is 0 Å². The van der Waals surface area contributed by atoms with Crippen molar-refractivity contribution in [3.63, 3.8) is 0 Å². The number of benzene rings is 1. The number of rotatable bonds is 3. The lowest BCUT2D eigenvalue weighted by atomic mass is 9.95. The van der Waals surface area contributed by atoms with Crippen molar-refractivity contribution < 1.29 is 14.7 Å². The molecule has 2 aromatic rings. The summed E-state index contributed by atoms with van der Waals surface area (Å²) < 4.78 is 0. The number of amides is 1. The number of carbonyl (C=O) groups is 2. The van der Waals surface area contributed by atoms with E-state index in [-0.39, 0.29) is 11.1 Å². The molecule has 124 valence electrons. The highest BCUT2D eigenvalue weighted by Crippen LogP contribution is 2.20. The lowest BCUT2D eigenvalue weighted by molar-refractivity contribution is 0.0696. The number of fused-ring (bicyclic) bond motifs is 1. The number of H-pyrrole nitrogens is 1. The summed E-state index contributed by atoms with van der Waals surface area (Å²) in [6.07, 6.45) is 3.75. The van der Waals surface area contributed by atoms with Crippen molar-refractivity contribution in [2.75, 3.05) is 5.32 Å². The highest BCUT2D eigenvalue weighted by Gasteiger charge is 2.18. The van der Waals surface area contributed by atoms with Crippen molar-refractivity contribution in [2.24, 2.45) is 0 Å². The zero-order chi connectivity index (χ0) is 17.3. The smallest absolute Gasteiger partial charge is 0.335 e. The molecule has 3 rings (SSSR count).